The Labute approximate surface area is 98.8 Å². The molecule has 1 unspecified atom stereocenters. The number of rotatable bonds is 5. The van der Waals surface area contributed by atoms with Crippen LogP contribution in [0.4, 0.5) is 0 Å². The van der Waals surface area contributed by atoms with Crippen LogP contribution in [0.3, 0.4) is 0 Å². The molecule has 0 aromatic carbocycles. The fraction of sp³-hybridized carbons (Fsp3) is 0.250. The van der Waals surface area contributed by atoms with Crippen molar-refractivity contribution in [3.63, 3.8) is 0 Å². The first-order valence-electron chi connectivity index (χ1n) is 5.34. The minimum absolute atomic E-state index is 0.162. The van der Waals surface area contributed by atoms with E-state index in [4.69, 9.17) is 4.74 Å². The first-order valence-corrected chi connectivity index (χ1v) is 5.34. The van der Waals surface area contributed by atoms with Gasteiger partial charge in [0.1, 0.15) is 11.8 Å². The number of carbonyl (C=O) groups is 1. The van der Waals surface area contributed by atoms with E-state index >= 15 is 0 Å². The lowest BCUT2D eigenvalue weighted by Crippen LogP contribution is -2.10. The molecule has 2 aromatic heterocycles. The normalized spacial score (nSPS) is 12.1. The summed E-state index contributed by atoms with van der Waals surface area (Å²) in [5.41, 5.74) is 2.53. The fourth-order valence-corrected chi connectivity index (χ4v) is 1.56. The van der Waals surface area contributed by atoms with Gasteiger partial charge in [0.15, 0.2) is 0 Å². The summed E-state index contributed by atoms with van der Waals surface area (Å²) < 4.78 is 4.82. The van der Waals surface area contributed by atoms with Gasteiger partial charge in [0.05, 0.1) is 5.69 Å². The molecule has 0 fully saturated rings. The first-order chi connectivity index (χ1) is 8.29. The van der Waals surface area contributed by atoms with E-state index in [0.29, 0.717) is 12.9 Å². The van der Waals surface area contributed by atoms with E-state index in [1.807, 2.05) is 31.2 Å². The van der Waals surface area contributed by atoms with Crippen molar-refractivity contribution in [1.29, 1.82) is 0 Å². The van der Waals surface area contributed by atoms with Crippen molar-refractivity contribution in [2.75, 3.05) is 0 Å². The maximum absolute atomic E-state index is 10.2. The average molecular weight is 231 g/mol. The molecule has 17 heavy (non-hydrogen) atoms. The van der Waals surface area contributed by atoms with Crippen molar-refractivity contribution in [2.45, 2.75) is 19.4 Å². The molecule has 0 bridgehead atoms. The molecule has 88 valence electrons. The smallest absolute Gasteiger partial charge is 0.293 e. The second kappa shape index (κ2) is 5.25. The number of carbonyl (C=O) groups excluding carboxylic acids is 1. The van der Waals surface area contributed by atoms with E-state index in [0.717, 1.165) is 17.1 Å². The Kier molecular flexibility index (Phi) is 3.49. The Morgan fingerprint density at radius 1 is 1.47 bits per heavy atom. The highest BCUT2D eigenvalue weighted by Crippen LogP contribution is 2.15. The highest BCUT2D eigenvalue weighted by Gasteiger charge is 2.08. The van der Waals surface area contributed by atoms with Gasteiger partial charge in [0.25, 0.3) is 6.47 Å². The van der Waals surface area contributed by atoms with Crippen LogP contribution in [0.25, 0.3) is 11.4 Å². The molecule has 0 aliphatic rings. The van der Waals surface area contributed by atoms with Gasteiger partial charge in [-0.05, 0) is 25.1 Å². The number of ether oxygens (including phenoxy) is 1. The third-order valence-electron chi connectivity index (χ3n) is 2.35. The third-order valence-corrected chi connectivity index (χ3v) is 2.35. The van der Waals surface area contributed by atoms with E-state index in [1.165, 1.54) is 0 Å². The second-order valence-corrected chi connectivity index (χ2v) is 3.74. The number of nitrogens with one attached hydrogen (secondary N) is 1. The van der Waals surface area contributed by atoms with Crippen LogP contribution in [0.15, 0.2) is 30.5 Å². The number of aromatic amines is 1. The molecule has 2 rings (SSSR count). The van der Waals surface area contributed by atoms with Gasteiger partial charge < -0.3 is 4.74 Å². The van der Waals surface area contributed by atoms with Gasteiger partial charge in [-0.2, -0.15) is 5.10 Å². The monoisotopic (exact) mass is 231 g/mol. The lowest BCUT2D eigenvalue weighted by Gasteiger charge is -2.06. The topological polar surface area (TPSA) is 67.9 Å². The predicted octanol–water partition coefficient (Wildman–Crippen LogP) is 1.58. The quantitative estimate of drug-likeness (QED) is 0.793. The predicted molar refractivity (Wildman–Crippen MR) is 62.1 cm³/mol. The molecular weight excluding hydrogens is 218 g/mol. The Hall–Kier alpha value is -2.17. The summed E-state index contributed by atoms with van der Waals surface area (Å²) >= 11 is 0. The maximum Gasteiger partial charge on any atom is 0.293 e. The van der Waals surface area contributed by atoms with Crippen LogP contribution in [0, 0.1) is 0 Å². The van der Waals surface area contributed by atoms with Gasteiger partial charge >= 0.3 is 0 Å². The molecule has 2 aromatic rings. The largest absolute Gasteiger partial charge is 0.464 e. The summed E-state index contributed by atoms with van der Waals surface area (Å²) in [4.78, 5) is 14.4. The van der Waals surface area contributed by atoms with Gasteiger partial charge in [-0.1, -0.05) is 6.07 Å². The zero-order valence-corrected chi connectivity index (χ0v) is 9.46. The molecule has 0 spiro atoms. The van der Waals surface area contributed by atoms with Crippen LogP contribution in [-0.2, 0) is 16.0 Å². The van der Waals surface area contributed by atoms with Crippen LogP contribution in [0.1, 0.15) is 12.6 Å². The molecule has 0 amide bonds. The van der Waals surface area contributed by atoms with Crippen molar-refractivity contribution in [3.05, 3.63) is 36.2 Å². The highest BCUT2D eigenvalue weighted by molar-refractivity contribution is 5.53. The van der Waals surface area contributed by atoms with Gasteiger partial charge in [-0.3, -0.25) is 14.9 Å². The number of nitrogens with zero attached hydrogens (tertiary/aromatic N) is 2. The lowest BCUT2D eigenvalue weighted by atomic mass is 10.2. The Bertz CT molecular complexity index is 482. The van der Waals surface area contributed by atoms with E-state index in [1.54, 1.807) is 6.20 Å². The fourth-order valence-electron chi connectivity index (χ4n) is 1.56. The Morgan fingerprint density at radius 2 is 2.35 bits per heavy atom. The molecule has 0 saturated heterocycles. The third kappa shape index (κ3) is 2.90. The highest BCUT2D eigenvalue weighted by atomic mass is 16.5. The van der Waals surface area contributed by atoms with E-state index < -0.39 is 0 Å². The minimum atomic E-state index is -0.162. The lowest BCUT2D eigenvalue weighted by molar-refractivity contribution is -0.132. The molecule has 5 nitrogen and oxygen atoms in total. The van der Waals surface area contributed by atoms with E-state index in [-0.39, 0.29) is 6.10 Å². The van der Waals surface area contributed by atoms with Crippen molar-refractivity contribution in [2.24, 2.45) is 0 Å². The molecule has 1 atom stereocenters. The number of hydrogen-bond donors (Lipinski definition) is 1. The van der Waals surface area contributed by atoms with Gasteiger partial charge in [-0.15, -0.1) is 0 Å². The molecule has 5 heteroatoms. The SMILES string of the molecule is CC(Cc1cc(-c2ccccn2)n[nH]1)OC=O. The van der Waals surface area contributed by atoms with E-state index in [9.17, 15) is 4.79 Å². The van der Waals surface area contributed by atoms with Crippen LogP contribution in [-0.4, -0.2) is 27.8 Å². The van der Waals surface area contributed by atoms with Gasteiger partial charge in [0, 0.05) is 18.3 Å². The summed E-state index contributed by atoms with van der Waals surface area (Å²) in [5.74, 6) is 0. The maximum atomic E-state index is 10.2. The Morgan fingerprint density at radius 3 is 3.06 bits per heavy atom. The molecule has 1 N–H and O–H groups in total. The average Bonchev–Trinajstić information content (AvgIpc) is 2.79. The molecule has 0 aliphatic carbocycles. The van der Waals surface area contributed by atoms with Crippen LogP contribution in [0.2, 0.25) is 0 Å². The minimum Gasteiger partial charge on any atom is -0.464 e. The van der Waals surface area contributed by atoms with Crippen LogP contribution >= 0.6 is 0 Å². The van der Waals surface area contributed by atoms with Crippen molar-refractivity contribution in [3.8, 4) is 11.4 Å². The van der Waals surface area contributed by atoms with Crippen LogP contribution < -0.4 is 0 Å². The summed E-state index contributed by atoms with van der Waals surface area (Å²) in [6.07, 6.45) is 2.17. The zero-order valence-electron chi connectivity index (χ0n) is 9.46. The Balaban J connectivity index is 2.09. The van der Waals surface area contributed by atoms with Crippen LogP contribution in [0.5, 0.6) is 0 Å². The standard InChI is InChI=1S/C12H13N3O2/c1-9(17-8-16)6-10-7-12(15-14-10)11-4-2-3-5-13-11/h2-5,7-9H,6H2,1H3,(H,14,15). The second-order valence-electron chi connectivity index (χ2n) is 3.74. The van der Waals surface area contributed by atoms with Gasteiger partial charge in [0.2, 0.25) is 0 Å². The van der Waals surface area contributed by atoms with E-state index in [2.05, 4.69) is 15.2 Å². The summed E-state index contributed by atoms with van der Waals surface area (Å²) in [7, 11) is 0. The van der Waals surface area contributed by atoms with Crippen molar-refractivity contribution in [1.82, 2.24) is 15.2 Å². The molecular formula is C12H13N3O2. The van der Waals surface area contributed by atoms with Gasteiger partial charge in [-0.25, -0.2) is 0 Å². The molecule has 0 saturated carbocycles. The summed E-state index contributed by atoms with van der Waals surface area (Å²) in [6, 6.07) is 7.57. The molecule has 2 heterocycles. The number of aromatic nitrogens is 3. The zero-order chi connectivity index (χ0) is 12.1. The number of H-pyrrole nitrogens is 1. The summed E-state index contributed by atoms with van der Waals surface area (Å²) in [5, 5.41) is 7.08. The first kappa shape index (κ1) is 11.3. The number of pyridine rings is 1. The number of hydrogen-bond acceptors (Lipinski definition) is 4. The van der Waals surface area contributed by atoms with Crippen molar-refractivity contribution < 1.29 is 9.53 Å². The summed E-state index contributed by atoms with van der Waals surface area (Å²) in [6.45, 7) is 2.29. The molecule has 0 aliphatic heterocycles. The molecule has 0 radical (unpaired) electrons. The van der Waals surface area contributed by atoms with Crippen molar-refractivity contribution >= 4 is 6.47 Å².